The van der Waals surface area contributed by atoms with E-state index < -0.39 is 23.6 Å². The number of aromatic nitrogens is 1. The Morgan fingerprint density at radius 2 is 1.63 bits per heavy atom. The van der Waals surface area contributed by atoms with E-state index in [0.29, 0.717) is 11.3 Å². The van der Waals surface area contributed by atoms with Crippen LogP contribution >= 0.6 is 0 Å². The Morgan fingerprint density at radius 1 is 1.00 bits per heavy atom. The number of halogens is 3. The lowest BCUT2D eigenvalue weighted by atomic mass is 10.2. The Bertz CT molecular complexity index is 1080. The highest BCUT2D eigenvalue weighted by molar-refractivity contribution is 6.05. The van der Waals surface area contributed by atoms with Crippen LogP contribution in [0.25, 0.3) is 0 Å². The number of amides is 1. The molecule has 0 saturated carbocycles. The number of hydrogen-bond acceptors (Lipinski definition) is 5. The molecule has 0 unspecified atom stereocenters. The van der Waals surface area contributed by atoms with Gasteiger partial charge in [0.2, 0.25) is 0 Å². The number of nitrogens with zero attached hydrogens (tertiary/aromatic N) is 1. The van der Waals surface area contributed by atoms with Crippen molar-refractivity contribution in [2.45, 2.75) is 13.1 Å². The maximum atomic E-state index is 12.6. The number of aryl methyl sites for hydroxylation is 1. The van der Waals surface area contributed by atoms with Crippen LogP contribution in [0, 0.1) is 6.92 Å². The van der Waals surface area contributed by atoms with Gasteiger partial charge < -0.3 is 15.2 Å². The molecule has 2 aromatic carbocycles. The lowest BCUT2D eigenvalue weighted by Gasteiger charge is -2.09. The van der Waals surface area contributed by atoms with Crippen molar-refractivity contribution in [2.24, 2.45) is 0 Å². The Hall–Kier alpha value is -3.88. The second-order valence-corrected chi connectivity index (χ2v) is 6.27. The molecule has 6 nitrogen and oxygen atoms in total. The zero-order valence-corrected chi connectivity index (χ0v) is 15.5. The van der Waals surface area contributed by atoms with Gasteiger partial charge in [0.05, 0.1) is 11.1 Å². The minimum atomic E-state index is -4.48. The third kappa shape index (κ3) is 4.75. The molecule has 1 aromatic heterocycles. The molecule has 0 saturated heterocycles. The van der Waals surface area contributed by atoms with Gasteiger partial charge in [0.25, 0.3) is 5.91 Å². The molecular formula is C21H15F3N2O4. The second kappa shape index (κ2) is 8.24. The normalized spacial score (nSPS) is 11.1. The number of rotatable bonds is 4. The standard InChI is InChI=1S/C21H15F3N2O4/c1-12-10-11-25-17(18(12)27)19(28)26-15-6-2-13(3-7-15)20(29)30-16-8-4-14(5-9-16)21(22,23)24/h2-11,27H,1H3,(H,26,28). The molecule has 1 amide bonds. The minimum Gasteiger partial charge on any atom is -0.505 e. The highest BCUT2D eigenvalue weighted by atomic mass is 19.4. The van der Waals surface area contributed by atoms with Crippen LogP contribution in [-0.4, -0.2) is 22.0 Å². The topological polar surface area (TPSA) is 88.5 Å². The average molecular weight is 416 g/mol. The first-order valence-electron chi connectivity index (χ1n) is 8.60. The number of benzene rings is 2. The summed E-state index contributed by atoms with van der Waals surface area (Å²) in [6.07, 6.45) is -3.09. The van der Waals surface area contributed by atoms with E-state index in [2.05, 4.69) is 10.3 Å². The van der Waals surface area contributed by atoms with Crippen LogP contribution in [0.4, 0.5) is 18.9 Å². The molecule has 1 heterocycles. The summed E-state index contributed by atoms with van der Waals surface area (Å²) < 4.78 is 42.8. The number of alkyl halides is 3. The van der Waals surface area contributed by atoms with E-state index >= 15 is 0 Å². The van der Waals surface area contributed by atoms with Crippen LogP contribution in [0.3, 0.4) is 0 Å². The smallest absolute Gasteiger partial charge is 0.416 e. The number of esters is 1. The zero-order valence-electron chi connectivity index (χ0n) is 15.5. The van der Waals surface area contributed by atoms with Gasteiger partial charge in [0.1, 0.15) is 11.5 Å². The van der Waals surface area contributed by atoms with E-state index in [9.17, 15) is 27.9 Å². The monoisotopic (exact) mass is 416 g/mol. The van der Waals surface area contributed by atoms with Crippen LogP contribution in [0.2, 0.25) is 0 Å². The van der Waals surface area contributed by atoms with Crippen LogP contribution in [0.5, 0.6) is 11.5 Å². The quantitative estimate of drug-likeness (QED) is 0.480. The first-order valence-corrected chi connectivity index (χ1v) is 8.60. The largest absolute Gasteiger partial charge is 0.505 e. The average Bonchev–Trinajstić information content (AvgIpc) is 2.70. The SMILES string of the molecule is Cc1ccnc(C(=O)Nc2ccc(C(=O)Oc3ccc(C(F)(F)F)cc3)cc2)c1O. The zero-order chi connectivity index (χ0) is 21.9. The third-order valence-electron chi connectivity index (χ3n) is 4.11. The van der Waals surface area contributed by atoms with Gasteiger partial charge in [-0.2, -0.15) is 13.2 Å². The number of carbonyl (C=O) groups excluding carboxylic acids is 2. The minimum absolute atomic E-state index is 0.0358. The van der Waals surface area contributed by atoms with E-state index in [1.165, 1.54) is 30.5 Å². The fourth-order valence-corrected chi connectivity index (χ4v) is 2.47. The second-order valence-electron chi connectivity index (χ2n) is 6.27. The highest BCUT2D eigenvalue weighted by Crippen LogP contribution is 2.30. The molecule has 0 aliphatic heterocycles. The number of ether oxygens (including phenoxy) is 1. The van der Waals surface area contributed by atoms with Crippen LogP contribution in [-0.2, 0) is 6.18 Å². The van der Waals surface area contributed by atoms with Crippen LogP contribution in [0.1, 0.15) is 32.0 Å². The van der Waals surface area contributed by atoms with Crippen molar-refractivity contribution >= 4 is 17.6 Å². The number of hydrogen-bond donors (Lipinski definition) is 2. The lowest BCUT2D eigenvalue weighted by molar-refractivity contribution is -0.137. The summed E-state index contributed by atoms with van der Waals surface area (Å²) in [5, 5.41) is 12.5. The van der Waals surface area contributed by atoms with Crippen molar-refractivity contribution in [1.82, 2.24) is 4.98 Å². The summed E-state index contributed by atoms with van der Waals surface area (Å²) in [6, 6.07) is 10.9. The molecule has 0 atom stereocenters. The molecule has 0 aliphatic rings. The van der Waals surface area contributed by atoms with E-state index in [1.807, 2.05) is 0 Å². The molecule has 0 bridgehead atoms. The molecule has 2 N–H and O–H groups in total. The van der Waals surface area contributed by atoms with Gasteiger partial charge in [-0.05, 0) is 67.1 Å². The first-order chi connectivity index (χ1) is 14.1. The summed E-state index contributed by atoms with van der Waals surface area (Å²) in [6.45, 7) is 1.63. The molecule has 3 aromatic rings. The number of pyridine rings is 1. The van der Waals surface area contributed by atoms with Crippen molar-refractivity contribution in [3.8, 4) is 11.5 Å². The van der Waals surface area contributed by atoms with Gasteiger partial charge in [-0.25, -0.2) is 9.78 Å². The molecule has 30 heavy (non-hydrogen) atoms. The van der Waals surface area contributed by atoms with Gasteiger partial charge in [-0.1, -0.05) is 0 Å². The maximum Gasteiger partial charge on any atom is 0.416 e. The molecule has 3 rings (SSSR count). The Labute approximate surface area is 169 Å². The van der Waals surface area contributed by atoms with Gasteiger partial charge in [-0.15, -0.1) is 0 Å². The fraction of sp³-hybridized carbons (Fsp3) is 0.0952. The summed E-state index contributed by atoms with van der Waals surface area (Å²) in [4.78, 5) is 28.2. The first kappa shape index (κ1) is 20.8. The molecule has 0 aliphatic carbocycles. The predicted molar refractivity (Wildman–Crippen MR) is 101 cm³/mol. The Kier molecular flexibility index (Phi) is 5.72. The van der Waals surface area contributed by atoms with Crippen LogP contribution < -0.4 is 10.1 Å². The molecule has 0 radical (unpaired) electrons. The van der Waals surface area contributed by atoms with Crippen molar-refractivity contribution in [1.29, 1.82) is 0 Å². The van der Waals surface area contributed by atoms with Crippen molar-refractivity contribution < 1.29 is 32.6 Å². The van der Waals surface area contributed by atoms with Gasteiger partial charge in [0.15, 0.2) is 5.69 Å². The van der Waals surface area contributed by atoms with Crippen molar-refractivity contribution in [3.63, 3.8) is 0 Å². The van der Waals surface area contributed by atoms with E-state index in [1.54, 1.807) is 13.0 Å². The molecular weight excluding hydrogens is 401 g/mol. The summed E-state index contributed by atoms with van der Waals surface area (Å²) in [7, 11) is 0. The molecule has 154 valence electrons. The third-order valence-corrected chi connectivity index (χ3v) is 4.11. The lowest BCUT2D eigenvalue weighted by Crippen LogP contribution is -2.14. The number of anilines is 1. The van der Waals surface area contributed by atoms with Crippen molar-refractivity contribution in [2.75, 3.05) is 5.32 Å². The highest BCUT2D eigenvalue weighted by Gasteiger charge is 2.30. The van der Waals surface area contributed by atoms with Gasteiger partial charge in [-0.3, -0.25) is 4.79 Å². The number of aromatic hydroxyl groups is 1. The molecule has 0 spiro atoms. The summed E-state index contributed by atoms with van der Waals surface area (Å²) >= 11 is 0. The number of carbonyl (C=O) groups is 2. The molecule has 0 fully saturated rings. The number of nitrogens with one attached hydrogen (secondary N) is 1. The summed E-state index contributed by atoms with van der Waals surface area (Å²) in [5.41, 5.74) is -0.0213. The van der Waals surface area contributed by atoms with Crippen molar-refractivity contribution in [3.05, 3.63) is 83.2 Å². The van der Waals surface area contributed by atoms with Gasteiger partial charge >= 0.3 is 12.1 Å². The van der Waals surface area contributed by atoms with Gasteiger partial charge in [0, 0.05) is 11.9 Å². The predicted octanol–water partition coefficient (Wildman–Crippen LogP) is 4.59. The Morgan fingerprint density at radius 3 is 2.23 bits per heavy atom. The molecule has 9 heteroatoms. The van der Waals surface area contributed by atoms with Crippen LogP contribution in [0.15, 0.2) is 60.8 Å². The summed E-state index contributed by atoms with van der Waals surface area (Å²) in [5.74, 6) is -1.67. The Balaban J connectivity index is 1.65. The van der Waals surface area contributed by atoms with E-state index in [4.69, 9.17) is 4.74 Å². The maximum absolute atomic E-state index is 12.6. The van der Waals surface area contributed by atoms with E-state index in [0.717, 1.165) is 24.3 Å². The fourth-order valence-electron chi connectivity index (χ4n) is 2.47. The van der Waals surface area contributed by atoms with E-state index in [-0.39, 0.29) is 22.8 Å².